The first-order valence-electron chi connectivity index (χ1n) is 9.51. The second-order valence-electron chi connectivity index (χ2n) is 7.13. The quantitative estimate of drug-likeness (QED) is 0.912. The summed E-state index contributed by atoms with van der Waals surface area (Å²) in [6, 6.07) is 11.2. The van der Waals surface area contributed by atoms with Crippen molar-refractivity contribution in [1.82, 2.24) is 9.97 Å². The summed E-state index contributed by atoms with van der Waals surface area (Å²) in [6.07, 6.45) is 4.01. The van der Waals surface area contributed by atoms with Crippen LogP contribution in [0.5, 0.6) is 0 Å². The first-order valence-corrected chi connectivity index (χ1v) is 9.51. The van der Waals surface area contributed by atoms with Crippen molar-refractivity contribution in [3.05, 3.63) is 42.2 Å². The molecule has 0 aliphatic carbocycles. The highest BCUT2D eigenvalue weighted by Gasteiger charge is 2.21. The van der Waals surface area contributed by atoms with Crippen LogP contribution in [0.15, 0.2) is 36.7 Å². The molecule has 0 spiro atoms. The fourth-order valence-corrected chi connectivity index (χ4v) is 3.75. The van der Waals surface area contributed by atoms with Crippen molar-refractivity contribution < 1.29 is 4.74 Å². The van der Waals surface area contributed by atoms with Gasteiger partial charge >= 0.3 is 0 Å². The number of morpholine rings is 1. The molecule has 0 radical (unpaired) electrons. The molecular weight excluding hydrogens is 326 g/mol. The number of hydrogen-bond acceptors (Lipinski definition) is 6. The molecule has 1 N–H and O–H groups in total. The Balaban J connectivity index is 1.42. The van der Waals surface area contributed by atoms with Gasteiger partial charge in [0.25, 0.3) is 0 Å². The predicted molar refractivity (Wildman–Crippen MR) is 105 cm³/mol. The average Bonchev–Trinajstić information content (AvgIpc) is 2.69. The first kappa shape index (κ1) is 17.1. The third kappa shape index (κ3) is 4.07. The lowest BCUT2D eigenvalue weighted by molar-refractivity contribution is 0.122. The molecule has 0 saturated carbocycles. The minimum atomic E-state index is 0.400. The van der Waals surface area contributed by atoms with Crippen molar-refractivity contribution >= 4 is 17.3 Å². The van der Waals surface area contributed by atoms with Crippen molar-refractivity contribution in [2.24, 2.45) is 0 Å². The highest BCUT2D eigenvalue weighted by atomic mass is 16.5. The number of anilines is 3. The molecule has 2 aliphatic heterocycles. The first-order chi connectivity index (χ1) is 12.8. The molecule has 2 fully saturated rings. The summed E-state index contributed by atoms with van der Waals surface area (Å²) < 4.78 is 5.43. The molecule has 1 atom stereocenters. The number of aromatic nitrogens is 2. The Labute approximate surface area is 155 Å². The molecule has 1 aromatic carbocycles. The second-order valence-corrected chi connectivity index (χ2v) is 7.13. The van der Waals surface area contributed by atoms with E-state index in [-0.39, 0.29) is 0 Å². The van der Waals surface area contributed by atoms with Crippen LogP contribution in [0.25, 0.3) is 0 Å². The van der Waals surface area contributed by atoms with Crippen molar-refractivity contribution in [3.63, 3.8) is 0 Å². The van der Waals surface area contributed by atoms with Crippen LogP contribution < -0.4 is 15.1 Å². The van der Waals surface area contributed by atoms with E-state index in [1.54, 1.807) is 6.33 Å². The van der Waals surface area contributed by atoms with E-state index in [4.69, 9.17) is 4.74 Å². The van der Waals surface area contributed by atoms with E-state index in [0.29, 0.717) is 6.04 Å². The van der Waals surface area contributed by atoms with E-state index >= 15 is 0 Å². The monoisotopic (exact) mass is 353 g/mol. The maximum Gasteiger partial charge on any atom is 0.134 e. The van der Waals surface area contributed by atoms with E-state index in [0.717, 1.165) is 51.0 Å². The lowest BCUT2D eigenvalue weighted by atomic mass is 10.0. The lowest BCUT2D eigenvalue weighted by Crippen LogP contribution is -2.42. The number of ether oxygens (including phenoxy) is 1. The minimum absolute atomic E-state index is 0.400. The van der Waals surface area contributed by atoms with Gasteiger partial charge in [0.05, 0.1) is 13.2 Å². The summed E-state index contributed by atoms with van der Waals surface area (Å²) in [7, 11) is 0. The molecule has 6 nitrogen and oxygen atoms in total. The van der Waals surface area contributed by atoms with Crippen LogP contribution in [0.1, 0.15) is 18.4 Å². The van der Waals surface area contributed by atoms with Gasteiger partial charge in [0.2, 0.25) is 0 Å². The van der Waals surface area contributed by atoms with Crippen LogP contribution in [0.3, 0.4) is 0 Å². The lowest BCUT2D eigenvalue weighted by Gasteiger charge is -2.35. The summed E-state index contributed by atoms with van der Waals surface area (Å²) in [6.45, 7) is 7.58. The highest BCUT2D eigenvalue weighted by molar-refractivity contribution is 5.51. The maximum atomic E-state index is 5.43. The van der Waals surface area contributed by atoms with Crippen LogP contribution in [0.4, 0.5) is 17.3 Å². The number of piperidine rings is 1. The van der Waals surface area contributed by atoms with E-state index in [2.05, 4.69) is 62.3 Å². The minimum Gasteiger partial charge on any atom is -0.378 e. The molecule has 26 heavy (non-hydrogen) atoms. The van der Waals surface area contributed by atoms with Gasteiger partial charge in [-0.05, 0) is 37.5 Å². The van der Waals surface area contributed by atoms with E-state index in [1.807, 2.05) is 0 Å². The molecule has 3 heterocycles. The summed E-state index contributed by atoms with van der Waals surface area (Å²) in [5.74, 6) is 1.90. The van der Waals surface area contributed by atoms with Gasteiger partial charge in [0, 0.05) is 44.0 Å². The van der Waals surface area contributed by atoms with Gasteiger partial charge in [-0.3, -0.25) is 0 Å². The summed E-state index contributed by atoms with van der Waals surface area (Å²) >= 11 is 0. The Kier molecular flexibility index (Phi) is 5.20. The van der Waals surface area contributed by atoms with Gasteiger partial charge in [-0.1, -0.05) is 12.1 Å². The molecule has 6 heteroatoms. The van der Waals surface area contributed by atoms with Crippen molar-refractivity contribution in [2.75, 3.05) is 54.5 Å². The number of rotatable bonds is 4. The van der Waals surface area contributed by atoms with Crippen LogP contribution >= 0.6 is 0 Å². The van der Waals surface area contributed by atoms with Crippen molar-refractivity contribution in [1.29, 1.82) is 0 Å². The highest BCUT2D eigenvalue weighted by Crippen LogP contribution is 2.23. The maximum absolute atomic E-state index is 5.43. The Morgan fingerprint density at radius 2 is 1.96 bits per heavy atom. The smallest absolute Gasteiger partial charge is 0.134 e. The van der Waals surface area contributed by atoms with Crippen LogP contribution in [0.2, 0.25) is 0 Å². The fourth-order valence-electron chi connectivity index (χ4n) is 3.75. The van der Waals surface area contributed by atoms with Crippen molar-refractivity contribution in [2.45, 2.75) is 25.8 Å². The van der Waals surface area contributed by atoms with E-state index < -0.39 is 0 Å². The Morgan fingerprint density at radius 1 is 1.08 bits per heavy atom. The number of hydrogen-bond donors (Lipinski definition) is 1. The molecule has 0 bridgehead atoms. The Bertz CT molecular complexity index is 732. The van der Waals surface area contributed by atoms with Gasteiger partial charge < -0.3 is 19.9 Å². The average molecular weight is 353 g/mol. The standard InChI is InChI=1S/C20H27N5O/c1-16-4-2-6-18(12-16)25-7-3-5-17(14-25)23-19-13-20(22-15-21-19)24-8-10-26-11-9-24/h2,4,6,12-13,15,17H,3,5,7-11,14H2,1H3,(H,21,22,23)/t17-/m1/s1. The van der Waals surface area contributed by atoms with E-state index in [9.17, 15) is 0 Å². The molecular formula is C20H27N5O. The van der Waals surface area contributed by atoms with E-state index in [1.165, 1.54) is 24.1 Å². The fraction of sp³-hybridized carbons (Fsp3) is 0.500. The number of nitrogens with one attached hydrogen (secondary N) is 1. The van der Waals surface area contributed by atoms with Gasteiger partial charge in [0.15, 0.2) is 0 Å². The Hall–Kier alpha value is -2.34. The normalized spacial score (nSPS) is 20.9. The molecule has 138 valence electrons. The molecule has 4 rings (SSSR count). The molecule has 0 amide bonds. The number of aryl methyl sites for hydroxylation is 1. The zero-order chi connectivity index (χ0) is 17.8. The van der Waals surface area contributed by atoms with Crippen LogP contribution in [0, 0.1) is 6.92 Å². The molecule has 0 unspecified atom stereocenters. The zero-order valence-corrected chi connectivity index (χ0v) is 15.4. The third-order valence-corrected chi connectivity index (χ3v) is 5.13. The Morgan fingerprint density at radius 3 is 2.81 bits per heavy atom. The van der Waals surface area contributed by atoms with Gasteiger partial charge in [-0.25, -0.2) is 9.97 Å². The van der Waals surface area contributed by atoms with Crippen molar-refractivity contribution in [3.8, 4) is 0 Å². The second kappa shape index (κ2) is 7.91. The summed E-state index contributed by atoms with van der Waals surface area (Å²) in [4.78, 5) is 13.6. The SMILES string of the molecule is Cc1cccc(N2CCC[C@@H](Nc3cc(N4CCOCC4)ncn3)C2)c1. The summed E-state index contributed by atoms with van der Waals surface area (Å²) in [5, 5.41) is 3.62. The zero-order valence-electron chi connectivity index (χ0n) is 15.4. The third-order valence-electron chi connectivity index (χ3n) is 5.13. The molecule has 1 aromatic heterocycles. The topological polar surface area (TPSA) is 53.5 Å². The van der Waals surface area contributed by atoms with Gasteiger partial charge in [-0.15, -0.1) is 0 Å². The van der Waals surface area contributed by atoms with Gasteiger partial charge in [0.1, 0.15) is 18.0 Å². The number of benzene rings is 1. The number of nitrogens with zero attached hydrogens (tertiary/aromatic N) is 4. The summed E-state index contributed by atoms with van der Waals surface area (Å²) in [5.41, 5.74) is 2.62. The van der Waals surface area contributed by atoms with Gasteiger partial charge in [-0.2, -0.15) is 0 Å². The predicted octanol–water partition coefficient (Wildman–Crippen LogP) is 2.70. The van der Waals surface area contributed by atoms with Crippen LogP contribution in [-0.2, 0) is 4.74 Å². The molecule has 2 saturated heterocycles. The largest absolute Gasteiger partial charge is 0.378 e. The molecule has 2 aromatic rings. The van der Waals surface area contributed by atoms with Crippen LogP contribution in [-0.4, -0.2) is 55.4 Å². The molecule has 2 aliphatic rings.